The van der Waals surface area contributed by atoms with Crippen LogP contribution in [0.3, 0.4) is 0 Å². The average molecular weight is 370 g/mol. The smallest absolute Gasteiger partial charge is 0.310 e. The third kappa shape index (κ3) is 3.55. The molecule has 1 saturated heterocycles. The molecule has 4 rings (SSSR count). The minimum atomic E-state index is -0.913. The summed E-state index contributed by atoms with van der Waals surface area (Å²) in [6.07, 6.45) is 10.7. The van der Waals surface area contributed by atoms with Crippen LogP contribution in [-0.4, -0.2) is 41.3 Å². The summed E-state index contributed by atoms with van der Waals surface area (Å²) in [4.78, 5) is 14.7. The van der Waals surface area contributed by atoms with Gasteiger partial charge in [0.1, 0.15) is 0 Å². The summed E-state index contributed by atoms with van der Waals surface area (Å²) in [5, 5.41) is 11.8. The molecule has 4 aliphatic rings. The van der Waals surface area contributed by atoms with Crippen LogP contribution in [0.15, 0.2) is 23.4 Å². The van der Waals surface area contributed by atoms with Crippen LogP contribution in [0.5, 0.6) is 0 Å². The summed E-state index contributed by atoms with van der Waals surface area (Å²) in [5.74, 6) is 6.24. The number of rotatable bonds is 5. The normalized spacial score (nSPS) is 35.1. The Morgan fingerprint density at radius 3 is 2.78 bits per heavy atom. The van der Waals surface area contributed by atoms with Gasteiger partial charge >= 0.3 is 5.97 Å². The van der Waals surface area contributed by atoms with E-state index in [9.17, 15) is 9.90 Å². The van der Waals surface area contributed by atoms with Gasteiger partial charge in [0.05, 0.1) is 12.0 Å². The molecule has 0 aromatic heterocycles. The molecular formula is C23H31NO3. The molecule has 27 heavy (non-hydrogen) atoms. The molecule has 0 amide bonds. The summed E-state index contributed by atoms with van der Waals surface area (Å²) >= 11 is 0. The van der Waals surface area contributed by atoms with Crippen molar-refractivity contribution in [1.82, 2.24) is 4.90 Å². The maximum Gasteiger partial charge on any atom is 0.310 e. The Morgan fingerprint density at radius 2 is 2.11 bits per heavy atom. The predicted octanol–water partition coefficient (Wildman–Crippen LogP) is 3.42. The van der Waals surface area contributed by atoms with Gasteiger partial charge in [-0.2, -0.15) is 0 Å². The van der Waals surface area contributed by atoms with Gasteiger partial charge in [0, 0.05) is 25.2 Å². The van der Waals surface area contributed by atoms with Crippen LogP contribution in [0.4, 0.5) is 0 Å². The van der Waals surface area contributed by atoms with E-state index in [1.165, 1.54) is 25.0 Å². The first kappa shape index (κ1) is 18.6. The Bertz CT molecular complexity index is 736. The van der Waals surface area contributed by atoms with Crippen molar-refractivity contribution >= 4 is 5.97 Å². The molecule has 3 fully saturated rings. The van der Waals surface area contributed by atoms with Gasteiger partial charge in [-0.15, -0.1) is 5.92 Å². The first-order valence-electron chi connectivity index (χ1n) is 10.4. The fourth-order valence-electron chi connectivity index (χ4n) is 5.39. The molecule has 3 aliphatic carbocycles. The second-order valence-electron chi connectivity index (χ2n) is 9.13. The van der Waals surface area contributed by atoms with Crippen LogP contribution >= 0.6 is 0 Å². The molecule has 0 aromatic carbocycles. The lowest BCUT2D eigenvalue weighted by Crippen LogP contribution is -2.43. The highest BCUT2D eigenvalue weighted by Gasteiger charge is 2.57. The molecule has 1 N–H and O–H groups in total. The first-order chi connectivity index (χ1) is 12.9. The molecule has 0 radical (unpaired) electrons. The maximum atomic E-state index is 12.2. The number of esters is 1. The molecule has 4 heteroatoms. The highest BCUT2D eigenvalue weighted by atomic mass is 16.5. The van der Waals surface area contributed by atoms with Crippen LogP contribution in [-0.2, 0) is 9.53 Å². The largest absolute Gasteiger partial charge is 0.452 e. The number of hydrogen-bond donors (Lipinski definition) is 1. The summed E-state index contributed by atoms with van der Waals surface area (Å²) in [6.45, 7) is 6.44. The lowest BCUT2D eigenvalue weighted by Gasteiger charge is -2.41. The van der Waals surface area contributed by atoms with Crippen LogP contribution < -0.4 is 0 Å². The Kier molecular flexibility index (Phi) is 4.84. The number of aliphatic hydroxyl groups is 1. The van der Waals surface area contributed by atoms with Gasteiger partial charge in [0.25, 0.3) is 0 Å². The van der Waals surface area contributed by atoms with Crippen molar-refractivity contribution in [3.63, 3.8) is 0 Å². The molecular weight excluding hydrogens is 338 g/mol. The lowest BCUT2D eigenvalue weighted by atomic mass is 9.73. The summed E-state index contributed by atoms with van der Waals surface area (Å²) < 4.78 is 5.21. The van der Waals surface area contributed by atoms with Gasteiger partial charge in [-0.25, -0.2) is 0 Å². The van der Waals surface area contributed by atoms with Crippen molar-refractivity contribution in [3.8, 4) is 11.8 Å². The number of carbonyl (C=O) groups is 1. The monoisotopic (exact) mass is 369 g/mol. The number of carbonyl (C=O) groups excluding carboxylic acids is 1. The molecule has 146 valence electrons. The Balaban J connectivity index is 1.51. The van der Waals surface area contributed by atoms with E-state index < -0.39 is 5.60 Å². The van der Waals surface area contributed by atoms with E-state index in [0.29, 0.717) is 11.8 Å². The van der Waals surface area contributed by atoms with E-state index in [2.05, 4.69) is 29.7 Å². The molecule has 3 atom stereocenters. The van der Waals surface area contributed by atoms with Gasteiger partial charge in [-0.3, -0.25) is 4.79 Å². The molecule has 1 heterocycles. The third-order valence-electron chi connectivity index (χ3n) is 7.27. The third-order valence-corrected chi connectivity index (χ3v) is 7.27. The van der Waals surface area contributed by atoms with Gasteiger partial charge in [-0.05, 0) is 55.1 Å². The predicted molar refractivity (Wildman–Crippen MR) is 105 cm³/mol. The van der Waals surface area contributed by atoms with Crippen molar-refractivity contribution in [2.75, 3.05) is 19.7 Å². The van der Waals surface area contributed by atoms with Crippen molar-refractivity contribution in [2.45, 2.75) is 64.4 Å². The molecule has 2 saturated carbocycles. The quantitative estimate of drug-likeness (QED) is 0.596. The second-order valence-corrected chi connectivity index (χ2v) is 9.13. The fraction of sp³-hybridized carbons (Fsp3) is 0.696. The minimum Gasteiger partial charge on any atom is -0.452 e. The molecule has 0 bridgehead atoms. The van der Waals surface area contributed by atoms with Crippen molar-refractivity contribution in [3.05, 3.63) is 23.4 Å². The van der Waals surface area contributed by atoms with Crippen LogP contribution in [0, 0.1) is 29.1 Å². The second kappa shape index (κ2) is 7.02. The number of hydrogen-bond acceptors (Lipinski definition) is 4. The Labute approximate surface area is 162 Å². The first-order valence-corrected chi connectivity index (χ1v) is 10.4. The number of fused-ring (bicyclic) bond motifs is 1. The highest BCUT2D eigenvalue weighted by molar-refractivity contribution is 5.73. The highest BCUT2D eigenvalue weighted by Crippen LogP contribution is 2.58. The molecule has 0 spiro atoms. The van der Waals surface area contributed by atoms with Crippen molar-refractivity contribution in [1.29, 1.82) is 0 Å². The van der Waals surface area contributed by atoms with Crippen LogP contribution in [0.1, 0.15) is 58.8 Å². The molecule has 1 aliphatic heterocycles. The maximum absolute atomic E-state index is 12.2. The van der Waals surface area contributed by atoms with Crippen molar-refractivity contribution < 1.29 is 14.6 Å². The fourth-order valence-corrected chi connectivity index (χ4v) is 5.39. The number of ether oxygens (including phenoxy) is 1. The van der Waals surface area contributed by atoms with E-state index in [-0.39, 0.29) is 24.9 Å². The number of allylic oxidation sites excluding steroid dienone is 2. The van der Waals surface area contributed by atoms with E-state index in [0.717, 1.165) is 37.4 Å². The Morgan fingerprint density at radius 1 is 1.33 bits per heavy atom. The zero-order chi connectivity index (χ0) is 19.1. The van der Waals surface area contributed by atoms with Gasteiger partial charge in [-0.1, -0.05) is 31.8 Å². The van der Waals surface area contributed by atoms with E-state index in [1.54, 1.807) is 6.92 Å². The standard InChI is InChI=1S/C23H31NO3/c1-3-4-11-27-21(25)12-18-9-10-20(24-15-19-13-22(19,2)16-24)14-23(18,26)17-7-5-6-8-17/h9-10,17,19,26H,5-8,11-16H2,1-2H3/t19-,22+,23?/m1/s1. The topological polar surface area (TPSA) is 49.8 Å². The van der Waals surface area contributed by atoms with E-state index in [1.807, 2.05) is 6.08 Å². The van der Waals surface area contributed by atoms with Gasteiger partial charge < -0.3 is 14.7 Å². The zero-order valence-electron chi connectivity index (χ0n) is 16.6. The zero-order valence-corrected chi connectivity index (χ0v) is 16.6. The number of nitrogens with zero attached hydrogens (tertiary/aromatic N) is 1. The number of likely N-dealkylation sites (tertiary alicyclic amines) is 1. The minimum absolute atomic E-state index is 0.124. The van der Waals surface area contributed by atoms with E-state index >= 15 is 0 Å². The van der Waals surface area contributed by atoms with E-state index in [4.69, 9.17) is 4.74 Å². The summed E-state index contributed by atoms with van der Waals surface area (Å²) in [7, 11) is 0. The SMILES string of the molecule is CC#CCOC(=O)CC1=CC=C(N2C[C@H]3C[C@@]3(C)C2)CC1(O)C1CCCC1. The lowest BCUT2D eigenvalue weighted by molar-refractivity contribution is -0.142. The average Bonchev–Trinajstić information content (AvgIpc) is 3.03. The Hall–Kier alpha value is -1.73. The summed E-state index contributed by atoms with van der Waals surface area (Å²) in [6, 6.07) is 0. The van der Waals surface area contributed by atoms with Crippen LogP contribution in [0.25, 0.3) is 0 Å². The molecule has 0 aromatic rings. The summed E-state index contributed by atoms with van der Waals surface area (Å²) in [5.41, 5.74) is 1.64. The molecule has 4 nitrogen and oxygen atoms in total. The number of piperidine rings is 1. The molecule has 1 unspecified atom stereocenters. The van der Waals surface area contributed by atoms with Crippen LogP contribution in [0.2, 0.25) is 0 Å². The van der Waals surface area contributed by atoms with Crippen molar-refractivity contribution in [2.24, 2.45) is 17.3 Å². The van der Waals surface area contributed by atoms with Gasteiger partial charge in [0.15, 0.2) is 6.61 Å². The van der Waals surface area contributed by atoms with Gasteiger partial charge in [0.2, 0.25) is 0 Å².